The van der Waals surface area contributed by atoms with E-state index < -0.39 is 5.97 Å². The Balaban J connectivity index is 2.64. The van der Waals surface area contributed by atoms with Gasteiger partial charge in [0.05, 0.1) is 13.0 Å². The minimum atomic E-state index is -0.910. The van der Waals surface area contributed by atoms with Crippen molar-refractivity contribution in [3.8, 4) is 0 Å². The highest BCUT2D eigenvalue weighted by Gasteiger charge is 2.23. The first-order valence-electron chi connectivity index (χ1n) is 6.17. The van der Waals surface area contributed by atoms with E-state index in [-0.39, 0.29) is 18.5 Å². The number of nitrogens with one attached hydrogen (secondary N) is 1. The van der Waals surface area contributed by atoms with Crippen LogP contribution in [0.25, 0.3) is 0 Å². The third-order valence-electron chi connectivity index (χ3n) is 2.86. The summed E-state index contributed by atoms with van der Waals surface area (Å²) in [5.41, 5.74) is 0. The van der Waals surface area contributed by atoms with Gasteiger partial charge in [0.2, 0.25) is 0 Å². The lowest BCUT2D eigenvalue weighted by Crippen LogP contribution is -2.46. The monoisotopic (exact) mass is 268 g/mol. The third-order valence-corrected chi connectivity index (χ3v) is 2.86. The Morgan fingerprint density at radius 1 is 1.53 bits per heavy atom. The van der Waals surface area contributed by atoms with Gasteiger partial charge in [-0.2, -0.15) is 0 Å². The van der Waals surface area contributed by atoms with Gasteiger partial charge >= 0.3 is 12.0 Å². The zero-order chi connectivity index (χ0) is 14.4. The maximum atomic E-state index is 12.2. The first-order valence-corrected chi connectivity index (χ1v) is 6.17. The van der Waals surface area contributed by atoms with Crippen molar-refractivity contribution in [1.29, 1.82) is 0 Å². The number of nitrogens with zero attached hydrogens (tertiary/aromatic N) is 3. The van der Waals surface area contributed by atoms with Gasteiger partial charge in [0.15, 0.2) is 0 Å². The number of imidazole rings is 1. The lowest BCUT2D eigenvalue weighted by Gasteiger charge is -2.31. The number of hydrogen-bond donors (Lipinski definition) is 2. The summed E-state index contributed by atoms with van der Waals surface area (Å²) in [4.78, 5) is 33.0. The Morgan fingerprint density at radius 2 is 2.21 bits per heavy atom. The predicted molar refractivity (Wildman–Crippen MR) is 69.5 cm³/mol. The molecular weight excluding hydrogens is 248 g/mol. The van der Waals surface area contributed by atoms with Crippen molar-refractivity contribution in [1.82, 2.24) is 19.8 Å². The second kappa shape index (κ2) is 6.77. The number of aliphatic carboxylic acids is 1. The molecule has 0 aliphatic rings. The van der Waals surface area contributed by atoms with E-state index in [1.165, 1.54) is 9.80 Å². The molecule has 0 spiro atoms. The Kier molecular flexibility index (Phi) is 5.35. The highest BCUT2D eigenvalue weighted by atomic mass is 16.4. The maximum absolute atomic E-state index is 12.2. The summed E-state index contributed by atoms with van der Waals surface area (Å²) in [6, 6.07) is -0.540. The second-order valence-electron chi connectivity index (χ2n) is 4.41. The van der Waals surface area contributed by atoms with E-state index in [1.54, 1.807) is 26.4 Å². The molecule has 1 atom stereocenters. The lowest BCUT2D eigenvalue weighted by atomic mass is 10.2. The Morgan fingerprint density at radius 3 is 2.68 bits per heavy atom. The average Bonchev–Trinajstić information content (AvgIpc) is 2.81. The smallest absolute Gasteiger partial charge is 0.320 e. The number of aromatic nitrogens is 2. The molecule has 1 heterocycles. The van der Waals surface area contributed by atoms with E-state index >= 15 is 0 Å². The normalized spacial score (nSPS) is 11.9. The molecule has 0 saturated heterocycles. The van der Waals surface area contributed by atoms with Gasteiger partial charge in [-0.25, -0.2) is 9.78 Å². The molecular formula is C12H20N4O3. The van der Waals surface area contributed by atoms with Gasteiger partial charge in [0.25, 0.3) is 0 Å². The first kappa shape index (κ1) is 15.0. The molecule has 7 heteroatoms. The highest BCUT2D eigenvalue weighted by Crippen LogP contribution is 2.09. The zero-order valence-electron chi connectivity index (χ0n) is 11.5. The van der Waals surface area contributed by atoms with Gasteiger partial charge in [-0.1, -0.05) is 0 Å². The third kappa shape index (κ3) is 4.27. The van der Waals surface area contributed by atoms with Crippen molar-refractivity contribution in [2.24, 2.45) is 0 Å². The number of carboxylic acid groups (broad SMARTS) is 1. The van der Waals surface area contributed by atoms with Gasteiger partial charge in [-0.15, -0.1) is 0 Å². The molecule has 1 rings (SSSR count). The molecule has 0 saturated carbocycles. The summed E-state index contributed by atoms with van der Waals surface area (Å²) < 4.78 is 0. The van der Waals surface area contributed by atoms with Gasteiger partial charge in [0, 0.05) is 32.0 Å². The fourth-order valence-electron chi connectivity index (χ4n) is 1.89. The van der Waals surface area contributed by atoms with Crippen LogP contribution >= 0.6 is 0 Å². The molecule has 0 aliphatic heterocycles. The number of aromatic amines is 1. The molecule has 2 N–H and O–H groups in total. The van der Waals surface area contributed by atoms with Crippen LogP contribution < -0.4 is 0 Å². The van der Waals surface area contributed by atoms with Crippen LogP contribution in [-0.4, -0.2) is 56.5 Å². The number of hydrogen-bond acceptors (Lipinski definition) is 3. The van der Waals surface area contributed by atoms with E-state index in [2.05, 4.69) is 9.97 Å². The Bertz CT molecular complexity index is 419. The molecule has 0 bridgehead atoms. The SMILES string of the molecule is CCN(C(=O)N(C)Cc1ncc[nH]1)C(C)CC(=O)O. The Labute approximate surface area is 112 Å². The minimum Gasteiger partial charge on any atom is -0.481 e. The number of H-pyrrole nitrogens is 1. The lowest BCUT2D eigenvalue weighted by molar-refractivity contribution is -0.138. The van der Waals surface area contributed by atoms with E-state index in [1.807, 2.05) is 6.92 Å². The standard InChI is InChI=1S/C12H20N4O3/c1-4-16(9(2)7-11(17)18)12(19)15(3)8-10-13-5-6-14-10/h5-6,9H,4,7-8H2,1-3H3,(H,13,14)(H,17,18). The van der Waals surface area contributed by atoms with Crippen molar-refractivity contribution >= 4 is 12.0 Å². The summed E-state index contributed by atoms with van der Waals surface area (Å²) in [6.45, 7) is 4.39. The molecule has 0 aromatic carbocycles. The van der Waals surface area contributed by atoms with Crippen molar-refractivity contribution in [2.75, 3.05) is 13.6 Å². The van der Waals surface area contributed by atoms with E-state index in [0.717, 1.165) is 0 Å². The molecule has 19 heavy (non-hydrogen) atoms. The Hall–Kier alpha value is -2.05. The van der Waals surface area contributed by atoms with Gasteiger partial charge in [-0.3, -0.25) is 4.79 Å². The van der Waals surface area contributed by atoms with Crippen molar-refractivity contribution in [3.05, 3.63) is 18.2 Å². The maximum Gasteiger partial charge on any atom is 0.320 e. The van der Waals surface area contributed by atoms with Crippen LogP contribution in [-0.2, 0) is 11.3 Å². The number of amides is 2. The number of carbonyl (C=O) groups is 2. The zero-order valence-corrected chi connectivity index (χ0v) is 11.5. The van der Waals surface area contributed by atoms with E-state index in [4.69, 9.17) is 5.11 Å². The number of carbonyl (C=O) groups excluding carboxylic acids is 1. The molecule has 7 nitrogen and oxygen atoms in total. The highest BCUT2D eigenvalue weighted by molar-refractivity contribution is 5.75. The van der Waals surface area contributed by atoms with Gasteiger partial charge in [0.1, 0.15) is 5.82 Å². The number of urea groups is 1. The summed E-state index contributed by atoms with van der Waals surface area (Å²) >= 11 is 0. The molecule has 1 unspecified atom stereocenters. The molecule has 106 valence electrons. The van der Waals surface area contributed by atoms with Crippen LogP contribution in [0.1, 0.15) is 26.1 Å². The molecule has 0 radical (unpaired) electrons. The fourth-order valence-corrected chi connectivity index (χ4v) is 1.89. The second-order valence-corrected chi connectivity index (χ2v) is 4.41. The average molecular weight is 268 g/mol. The van der Waals surface area contributed by atoms with Crippen molar-refractivity contribution < 1.29 is 14.7 Å². The molecule has 0 fully saturated rings. The van der Waals surface area contributed by atoms with Crippen LogP contribution in [0.4, 0.5) is 4.79 Å². The van der Waals surface area contributed by atoms with Crippen LogP contribution in [0.15, 0.2) is 12.4 Å². The molecule has 1 aromatic heterocycles. The molecule has 2 amide bonds. The topological polar surface area (TPSA) is 89.5 Å². The van der Waals surface area contributed by atoms with Crippen LogP contribution in [0, 0.1) is 0 Å². The molecule has 1 aromatic rings. The summed E-state index contributed by atoms with van der Waals surface area (Å²) in [7, 11) is 1.67. The minimum absolute atomic E-state index is 0.0613. The first-order chi connectivity index (χ1) is 8.95. The summed E-state index contributed by atoms with van der Waals surface area (Å²) in [5.74, 6) is -0.217. The fraction of sp³-hybridized carbons (Fsp3) is 0.583. The quantitative estimate of drug-likeness (QED) is 0.809. The van der Waals surface area contributed by atoms with Gasteiger partial charge in [-0.05, 0) is 13.8 Å². The molecule has 0 aliphatic carbocycles. The number of carboxylic acids is 1. The largest absolute Gasteiger partial charge is 0.481 e. The number of rotatable bonds is 6. The van der Waals surface area contributed by atoms with Crippen LogP contribution in [0.5, 0.6) is 0 Å². The summed E-state index contributed by atoms with van der Waals surface area (Å²) in [6.07, 6.45) is 3.25. The van der Waals surface area contributed by atoms with Crippen molar-refractivity contribution in [3.63, 3.8) is 0 Å². The van der Waals surface area contributed by atoms with E-state index in [9.17, 15) is 9.59 Å². The van der Waals surface area contributed by atoms with Gasteiger partial charge < -0.3 is 19.9 Å². The van der Waals surface area contributed by atoms with Crippen molar-refractivity contribution in [2.45, 2.75) is 32.9 Å². The predicted octanol–water partition coefficient (Wildman–Crippen LogP) is 1.15. The van der Waals surface area contributed by atoms with Crippen LogP contribution in [0.2, 0.25) is 0 Å². The van der Waals surface area contributed by atoms with E-state index in [0.29, 0.717) is 18.9 Å². The van der Waals surface area contributed by atoms with Crippen LogP contribution in [0.3, 0.4) is 0 Å². The summed E-state index contributed by atoms with van der Waals surface area (Å²) in [5, 5.41) is 8.79.